The van der Waals surface area contributed by atoms with Gasteiger partial charge >= 0.3 is 6.09 Å². The predicted molar refractivity (Wildman–Crippen MR) is 70.2 cm³/mol. The van der Waals surface area contributed by atoms with Gasteiger partial charge in [-0.05, 0) is 44.9 Å². The second kappa shape index (κ2) is 6.35. The van der Waals surface area contributed by atoms with Gasteiger partial charge in [0, 0.05) is 25.0 Å². The predicted octanol–water partition coefficient (Wildman–Crippen LogP) is 1.48. The summed E-state index contributed by atoms with van der Waals surface area (Å²) in [4.78, 5) is 15.6. The van der Waals surface area contributed by atoms with Crippen LogP contribution >= 0.6 is 0 Å². The molecular weight excluding hydrogens is 230 g/mol. The molecule has 0 aliphatic rings. The lowest BCUT2D eigenvalue weighted by Crippen LogP contribution is -2.44. The molecule has 0 saturated carbocycles. The number of rotatable bonds is 4. The summed E-state index contributed by atoms with van der Waals surface area (Å²) in [5, 5.41) is 2.77. The molecule has 1 aromatic heterocycles. The standard InChI is InChI=1S/C13H21N3O2/c1-13(2,3)18-12(17)16-11(9-14)8-10-4-6-15-7-5-10/h4-7,11H,8-9,14H2,1-3H3,(H,16,17). The molecule has 0 aliphatic heterocycles. The van der Waals surface area contributed by atoms with Crippen molar-refractivity contribution in [3.05, 3.63) is 30.1 Å². The first kappa shape index (κ1) is 14.4. The maximum absolute atomic E-state index is 11.6. The summed E-state index contributed by atoms with van der Waals surface area (Å²) in [6, 6.07) is 3.67. The minimum Gasteiger partial charge on any atom is -0.444 e. The smallest absolute Gasteiger partial charge is 0.407 e. The van der Waals surface area contributed by atoms with E-state index in [4.69, 9.17) is 10.5 Å². The fourth-order valence-electron chi connectivity index (χ4n) is 1.47. The Bertz CT molecular complexity index is 374. The molecule has 18 heavy (non-hydrogen) atoms. The lowest BCUT2D eigenvalue weighted by molar-refractivity contribution is 0.0506. The molecule has 0 fully saturated rings. The van der Waals surface area contributed by atoms with E-state index in [0.717, 1.165) is 5.56 Å². The van der Waals surface area contributed by atoms with Gasteiger partial charge in [-0.25, -0.2) is 4.79 Å². The largest absolute Gasteiger partial charge is 0.444 e. The number of nitrogens with zero attached hydrogens (tertiary/aromatic N) is 1. The summed E-state index contributed by atoms with van der Waals surface area (Å²) >= 11 is 0. The van der Waals surface area contributed by atoms with Crippen molar-refractivity contribution in [3.8, 4) is 0 Å². The van der Waals surface area contributed by atoms with Crippen LogP contribution in [0, 0.1) is 0 Å². The quantitative estimate of drug-likeness (QED) is 0.849. The van der Waals surface area contributed by atoms with E-state index in [1.165, 1.54) is 0 Å². The number of pyridine rings is 1. The monoisotopic (exact) mass is 251 g/mol. The molecule has 0 radical (unpaired) electrons. The number of nitrogens with one attached hydrogen (secondary N) is 1. The van der Waals surface area contributed by atoms with E-state index in [-0.39, 0.29) is 6.04 Å². The Morgan fingerprint density at radius 1 is 1.44 bits per heavy atom. The highest BCUT2D eigenvalue weighted by molar-refractivity contribution is 5.68. The molecule has 0 aromatic carbocycles. The zero-order valence-electron chi connectivity index (χ0n) is 11.1. The van der Waals surface area contributed by atoms with Gasteiger partial charge in [0.1, 0.15) is 5.60 Å². The lowest BCUT2D eigenvalue weighted by atomic mass is 10.1. The highest BCUT2D eigenvalue weighted by Gasteiger charge is 2.18. The summed E-state index contributed by atoms with van der Waals surface area (Å²) < 4.78 is 5.19. The number of aromatic nitrogens is 1. The molecule has 1 atom stereocenters. The van der Waals surface area contributed by atoms with Crippen LogP contribution in [0.2, 0.25) is 0 Å². The van der Waals surface area contributed by atoms with Crippen LogP contribution in [0.1, 0.15) is 26.3 Å². The van der Waals surface area contributed by atoms with Crippen molar-refractivity contribution < 1.29 is 9.53 Å². The van der Waals surface area contributed by atoms with Crippen LogP contribution in [0.4, 0.5) is 4.79 Å². The third-order valence-corrected chi connectivity index (χ3v) is 2.24. The Labute approximate surface area is 108 Å². The van der Waals surface area contributed by atoms with E-state index < -0.39 is 11.7 Å². The Morgan fingerprint density at radius 2 is 2.06 bits per heavy atom. The highest BCUT2D eigenvalue weighted by atomic mass is 16.6. The normalized spacial score (nSPS) is 12.9. The van der Waals surface area contributed by atoms with Gasteiger partial charge in [-0.2, -0.15) is 0 Å². The van der Waals surface area contributed by atoms with Crippen molar-refractivity contribution in [1.82, 2.24) is 10.3 Å². The van der Waals surface area contributed by atoms with E-state index >= 15 is 0 Å². The molecule has 5 nitrogen and oxygen atoms in total. The van der Waals surface area contributed by atoms with Crippen LogP contribution in [0.15, 0.2) is 24.5 Å². The topological polar surface area (TPSA) is 77.2 Å². The number of alkyl carbamates (subject to hydrolysis) is 1. The lowest BCUT2D eigenvalue weighted by Gasteiger charge is -2.23. The zero-order chi connectivity index (χ0) is 13.6. The van der Waals surface area contributed by atoms with Gasteiger partial charge in [-0.15, -0.1) is 0 Å². The van der Waals surface area contributed by atoms with Crippen molar-refractivity contribution in [2.75, 3.05) is 6.54 Å². The van der Waals surface area contributed by atoms with Crippen LogP contribution < -0.4 is 11.1 Å². The number of hydrogen-bond acceptors (Lipinski definition) is 4. The first-order chi connectivity index (χ1) is 8.40. The first-order valence-electron chi connectivity index (χ1n) is 5.99. The van der Waals surface area contributed by atoms with Gasteiger partial charge < -0.3 is 15.8 Å². The maximum atomic E-state index is 11.6. The van der Waals surface area contributed by atoms with Gasteiger partial charge in [0.05, 0.1) is 0 Å². The van der Waals surface area contributed by atoms with Crippen LogP contribution in [-0.4, -0.2) is 29.3 Å². The second-order valence-electron chi connectivity index (χ2n) is 5.14. The average molecular weight is 251 g/mol. The number of amides is 1. The SMILES string of the molecule is CC(C)(C)OC(=O)NC(CN)Cc1ccncc1. The summed E-state index contributed by atoms with van der Waals surface area (Å²) in [5.41, 5.74) is 6.23. The Hall–Kier alpha value is -1.62. The average Bonchev–Trinajstić information content (AvgIpc) is 2.27. The van der Waals surface area contributed by atoms with Crippen molar-refractivity contribution in [1.29, 1.82) is 0 Å². The molecule has 5 heteroatoms. The maximum Gasteiger partial charge on any atom is 0.407 e. The molecule has 0 saturated heterocycles. The molecule has 1 heterocycles. The number of carbonyl (C=O) groups is 1. The van der Waals surface area contributed by atoms with E-state index in [1.807, 2.05) is 32.9 Å². The molecule has 3 N–H and O–H groups in total. The molecule has 0 aliphatic carbocycles. The molecular formula is C13H21N3O2. The second-order valence-corrected chi connectivity index (χ2v) is 5.14. The van der Waals surface area contributed by atoms with E-state index in [1.54, 1.807) is 12.4 Å². The van der Waals surface area contributed by atoms with E-state index in [9.17, 15) is 4.79 Å². The van der Waals surface area contributed by atoms with Crippen molar-refractivity contribution >= 4 is 6.09 Å². The molecule has 0 spiro atoms. The number of carbonyl (C=O) groups excluding carboxylic acids is 1. The minimum absolute atomic E-state index is 0.137. The third kappa shape index (κ3) is 5.63. The van der Waals surface area contributed by atoms with Gasteiger partial charge in [0.2, 0.25) is 0 Å². The van der Waals surface area contributed by atoms with Crippen LogP contribution in [0.3, 0.4) is 0 Å². The molecule has 1 rings (SSSR count). The summed E-state index contributed by atoms with van der Waals surface area (Å²) in [6.07, 6.45) is 3.66. The Balaban J connectivity index is 2.50. The Kier molecular flexibility index (Phi) is 5.09. The fraction of sp³-hybridized carbons (Fsp3) is 0.538. The van der Waals surface area contributed by atoms with Crippen molar-refractivity contribution in [3.63, 3.8) is 0 Å². The zero-order valence-corrected chi connectivity index (χ0v) is 11.1. The van der Waals surface area contributed by atoms with Crippen molar-refractivity contribution in [2.24, 2.45) is 5.73 Å². The molecule has 1 aromatic rings. The van der Waals surface area contributed by atoms with Crippen LogP contribution in [-0.2, 0) is 11.2 Å². The minimum atomic E-state index is -0.500. The number of nitrogens with two attached hydrogens (primary N) is 1. The summed E-state index contributed by atoms with van der Waals surface area (Å²) in [7, 11) is 0. The summed E-state index contributed by atoms with van der Waals surface area (Å²) in [6.45, 7) is 5.84. The summed E-state index contributed by atoms with van der Waals surface area (Å²) in [5.74, 6) is 0. The number of ether oxygens (including phenoxy) is 1. The van der Waals surface area contributed by atoms with Gasteiger partial charge in [0.25, 0.3) is 0 Å². The first-order valence-corrected chi connectivity index (χ1v) is 5.99. The molecule has 1 amide bonds. The van der Waals surface area contributed by atoms with E-state index in [0.29, 0.717) is 13.0 Å². The van der Waals surface area contributed by atoms with Crippen LogP contribution in [0.25, 0.3) is 0 Å². The van der Waals surface area contributed by atoms with E-state index in [2.05, 4.69) is 10.3 Å². The third-order valence-electron chi connectivity index (χ3n) is 2.24. The molecule has 100 valence electrons. The number of hydrogen-bond donors (Lipinski definition) is 2. The highest BCUT2D eigenvalue weighted by Crippen LogP contribution is 2.07. The molecule has 1 unspecified atom stereocenters. The van der Waals surface area contributed by atoms with Crippen LogP contribution in [0.5, 0.6) is 0 Å². The fourth-order valence-corrected chi connectivity index (χ4v) is 1.47. The van der Waals surface area contributed by atoms with Gasteiger partial charge in [0.15, 0.2) is 0 Å². The molecule has 0 bridgehead atoms. The van der Waals surface area contributed by atoms with Gasteiger partial charge in [-0.1, -0.05) is 0 Å². The van der Waals surface area contributed by atoms with Gasteiger partial charge in [-0.3, -0.25) is 4.98 Å². The Morgan fingerprint density at radius 3 is 2.56 bits per heavy atom. The van der Waals surface area contributed by atoms with Crippen molar-refractivity contribution in [2.45, 2.75) is 38.8 Å².